The summed E-state index contributed by atoms with van der Waals surface area (Å²) < 4.78 is 12.0. The Morgan fingerprint density at radius 3 is 2.93 bits per heavy atom. The van der Waals surface area contributed by atoms with E-state index in [4.69, 9.17) is 14.6 Å². The normalized spacial score (nSPS) is 34.2. The van der Waals surface area contributed by atoms with Crippen LogP contribution in [0.5, 0.6) is 11.5 Å². The quantitative estimate of drug-likeness (QED) is 0.731. The summed E-state index contributed by atoms with van der Waals surface area (Å²) >= 11 is 0. The number of aliphatic carboxylic acids is 1. The van der Waals surface area contributed by atoms with E-state index in [1.165, 1.54) is 12.5 Å². The molecule has 0 unspecified atom stereocenters. The number of esters is 1. The van der Waals surface area contributed by atoms with Gasteiger partial charge in [-0.25, -0.2) is 0 Å². The molecule has 7 heteroatoms. The summed E-state index contributed by atoms with van der Waals surface area (Å²) in [5.41, 5.74) is 2.09. The third-order valence-corrected chi connectivity index (χ3v) is 7.53. The van der Waals surface area contributed by atoms with E-state index in [0.29, 0.717) is 24.1 Å². The Bertz CT molecular complexity index is 869. The summed E-state index contributed by atoms with van der Waals surface area (Å²) in [7, 11) is 0. The number of hydrogen-bond donors (Lipinski definition) is 2. The van der Waals surface area contributed by atoms with Crippen LogP contribution < -0.4 is 4.74 Å². The number of likely N-dealkylation sites (tertiary alicyclic amines) is 1. The Morgan fingerprint density at radius 1 is 1.34 bits per heavy atom. The highest BCUT2D eigenvalue weighted by Crippen LogP contribution is 2.64. The molecule has 2 aliphatic carbocycles. The lowest BCUT2D eigenvalue weighted by atomic mass is 9.51. The molecule has 0 amide bonds. The molecular formula is C22H27NO6. The highest BCUT2D eigenvalue weighted by Gasteiger charge is 2.66. The van der Waals surface area contributed by atoms with Crippen LogP contribution in [0.1, 0.15) is 50.2 Å². The number of nitrogens with zero attached hydrogens (tertiary/aromatic N) is 1. The van der Waals surface area contributed by atoms with Crippen molar-refractivity contribution in [1.29, 1.82) is 0 Å². The van der Waals surface area contributed by atoms with Gasteiger partial charge in [-0.3, -0.25) is 14.5 Å². The van der Waals surface area contributed by atoms with Gasteiger partial charge in [0.2, 0.25) is 0 Å². The van der Waals surface area contributed by atoms with Crippen molar-refractivity contribution in [2.75, 3.05) is 13.1 Å². The van der Waals surface area contributed by atoms with Gasteiger partial charge in [0.25, 0.3) is 0 Å². The van der Waals surface area contributed by atoms with Crippen LogP contribution in [0.25, 0.3) is 0 Å². The van der Waals surface area contributed by atoms with Crippen molar-refractivity contribution in [2.45, 2.75) is 69.1 Å². The Balaban J connectivity index is 1.53. The number of ether oxygens (including phenoxy) is 2. The van der Waals surface area contributed by atoms with Gasteiger partial charge in [0.1, 0.15) is 12.2 Å². The van der Waals surface area contributed by atoms with Gasteiger partial charge in [0.05, 0.1) is 0 Å². The largest absolute Gasteiger partial charge is 0.504 e. The molecule has 1 aromatic carbocycles. The maximum Gasteiger partial charge on any atom is 0.303 e. The molecule has 29 heavy (non-hydrogen) atoms. The molecule has 7 nitrogen and oxygen atoms in total. The van der Waals surface area contributed by atoms with Crippen LogP contribution in [-0.4, -0.2) is 58.4 Å². The molecule has 4 aliphatic rings. The number of carboxylic acids is 1. The second-order valence-corrected chi connectivity index (χ2v) is 8.91. The zero-order valence-corrected chi connectivity index (χ0v) is 16.6. The summed E-state index contributed by atoms with van der Waals surface area (Å²) in [5.74, 6) is 0.0454. The van der Waals surface area contributed by atoms with Crippen molar-refractivity contribution in [3.8, 4) is 11.5 Å². The maximum atomic E-state index is 11.7. The molecule has 1 aromatic rings. The summed E-state index contributed by atoms with van der Waals surface area (Å²) in [6.07, 6.45) is 3.70. The Labute approximate surface area is 169 Å². The third-order valence-electron chi connectivity index (χ3n) is 7.53. The first kappa shape index (κ1) is 18.7. The number of aromatic hydroxyl groups is 1. The summed E-state index contributed by atoms with van der Waals surface area (Å²) in [4.78, 5) is 25.1. The van der Waals surface area contributed by atoms with Gasteiger partial charge in [0.15, 0.2) is 11.5 Å². The van der Waals surface area contributed by atoms with E-state index in [0.717, 1.165) is 44.3 Å². The van der Waals surface area contributed by atoms with Gasteiger partial charge in [-0.1, -0.05) is 6.07 Å². The molecule has 2 N–H and O–H groups in total. The lowest BCUT2D eigenvalue weighted by Crippen LogP contribution is -2.67. The van der Waals surface area contributed by atoms with Crippen LogP contribution in [0.2, 0.25) is 0 Å². The Morgan fingerprint density at radius 2 is 2.17 bits per heavy atom. The molecule has 2 fully saturated rings. The van der Waals surface area contributed by atoms with E-state index in [1.54, 1.807) is 6.07 Å². The molecule has 2 aliphatic heterocycles. The van der Waals surface area contributed by atoms with Crippen molar-refractivity contribution >= 4 is 11.9 Å². The zero-order chi connectivity index (χ0) is 20.3. The summed E-state index contributed by atoms with van der Waals surface area (Å²) in [6, 6.07) is 4.03. The molecular weight excluding hydrogens is 374 g/mol. The summed E-state index contributed by atoms with van der Waals surface area (Å²) in [6.45, 7) is 3.08. The molecule has 1 saturated heterocycles. The molecule has 2 heterocycles. The molecule has 1 saturated carbocycles. The van der Waals surface area contributed by atoms with E-state index in [1.807, 2.05) is 6.07 Å². The minimum Gasteiger partial charge on any atom is -0.504 e. The number of rotatable bonds is 5. The Kier molecular flexibility index (Phi) is 4.28. The number of carboxylic acid groups (broad SMARTS) is 1. The van der Waals surface area contributed by atoms with Gasteiger partial charge in [-0.15, -0.1) is 0 Å². The predicted molar refractivity (Wildman–Crippen MR) is 103 cm³/mol. The number of piperidine rings is 1. The highest BCUT2D eigenvalue weighted by atomic mass is 16.6. The average Bonchev–Trinajstić information content (AvgIpc) is 3.01. The number of carbonyl (C=O) groups is 2. The van der Waals surface area contributed by atoms with Gasteiger partial charge in [-0.2, -0.15) is 0 Å². The molecule has 5 atom stereocenters. The van der Waals surface area contributed by atoms with Gasteiger partial charge in [0, 0.05) is 30.4 Å². The molecule has 5 rings (SSSR count). The van der Waals surface area contributed by atoms with Crippen LogP contribution in [-0.2, 0) is 26.2 Å². The second-order valence-electron chi connectivity index (χ2n) is 8.91. The van der Waals surface area contributed by atoms with E-state index in [9.17, 15) is 14.7 Å². The van der Waals surface area contributed by atoms with Gasteiger partial charge >= 0.3 is 11.9 Å². The fraction of sp³-hybridized carbons (Fsp3) is 0.636. The van der Waals surface area contributed by atoms with Crippen LogP contribution >= 0.6 is 0 Å². The fourth-order valence-corrected chi connectivity index (χ4v) is 6.62. The number of phenols is 1. The van der Waals surface area contributed by atoms with Crippen molar-refractivity contribution in [2.24, 2.45) is 5.92 Å². The minimum atomic E-state index is -0.751. The third kappa shape index (κ3) is 2.66. The van der Waals surface area contributed by atoms with Crippen molar-refractivity contribution in [3.63, 3.8) is 0 Å². The van der Waals surface area contributed by atoms with Crippen molar-refractivity contribution in [3.05, 3.63) is 23.3 Å². The first-order chi connectivity index (χ1) is 13.9. The van der Waals surface area contributed by atoms with E-state index in [2.05, 4.69) is 4.90 Å². The lowest BCUT2D eigenvalue weighted by molar-refractivity contribution is -0.164. The van der Waals surface area contributed by atoms with Gasteiger partial charge < -0.3 is 19.7 Å². The number of hydrogen-bond acceptors (Lipinski definition) is 6. The first-order valence-electron chi connectivity index (χ1n) is 10.6. The Hall–Kier alpha value is -2.28. The second kappa shape index (κ2) is 6.62. The number of phenolic OH excluding ortho intramolecular Hbond substituents is 1. The minimum absolute atomic E-state index is 0.162. The van der Waals surface area contributed by atoms with E-state index >= 15 is 0 Å². The van der Waals surface area contributed by atoms with Crippen molar-refractivity contribution in [1.82, 2.24) is 4.90 Å². The van der Waals surface area contributed by atoms with Gasteiger partial charge in [-0.05, 0) is 62.7 Å². The predicted octanol–water partition coefficient (Wildman–Crippen LogP) is 2.23. The van der Waals surface area contributed by atoms with Crippen LogP contribution in [0.15, 0.2) is 12.1 Å². The molecule has 0 aromatic heterocycles. The lowest BCUT2D eigenvalue weighted by Gasteiger charge is -2.59. The topological polar surface area (TPSA) is 96.3 Å². The molecule has 156 valence electrons. The standard InChI is InChI=1S/C22H27NO6/c1-12(24)28-17-7-5-14-15-11-13-4-6-16(25)20-19(13)22(14,21(17)29-20)8-10-23(15)9-2-3-18(26)27/h4,6,14-15,17,21,25H,2-3,5,7-11H2,1H3,(H,26,27)/t14-,15+,17-,21-,22-/m0/s1. The monoisotopic (exact) mass is 401 g/mol. The number of carbonyl (C=O) groups excluding carboxylic acids is 1. The number of benzene rings is 1. The first-order valence-corrected chi connectivity index (χ1v) is 10.6. The summed E-state index contributed by atoms with van der Waals surface area (Å²) in [5, 5.41) is 19.5. The molecule has 1 spiro atoms. The SMILES string of the molecule is CC(=O)O[C@H]1CC[C@H]2[C@H]3Cc4ccc(O)c5c4[C@@]2(CCN3CCCC(=O)O)[C@H]1O5. The smallest absolute Gasteiger partial charge is 0.303 e. The van der Waals surface area contributed by atoms with Crippen molar-refractivity contribution < 1.29 is 29.3 Å². The van der Waals surface area contributed by atoms with E-state index in [-0.39, 0.29) is 35.8 Å². The maximum absolute atomic E-state index is 11.7. The van der Waals surface area contributed by atoms with E-state index < -0.39 is 5.97 Å². The highest BCUT2D eigenvalue weighted by molar-refractivity contribution is 5.67. The molecule has 0 radical (unpaired) electrons. The fourth-order valence-electron chi connectivity index (χ4n) is 6.62. The molecule has 2 bridgehead atoms. The van der Waals surface area contributed by atoms with Crippen LogP contribution in [0.4, 0.5) is 0 Å². The zero-order valence-electron chi connectivity index (χ0n) is 16.6. The van der Waals surface area contributed by atoms with Crippen LogP contribution in [0, 0.1) is 5.92 Å². The average molecular weight is 401 g/mol. The van der Waals surface area contributed by atoms with Crippen LogP contribution in [0.3, 0.4) is 0 Å².